The Labute approximate surface area is 64.6 Å². The quantitative estimate of drug-likeness (QED) is 0.661. The molecule has 0 aromatic carbocycles. The SMILES string of the molecule is COc1occc1[C@H](N)CO. The number of methoxy groups -OCH3 is 1. The number of rotatable bonds is 3. The predicted molar refractivity (Wildman–Crippen MR) is 39.3 cm³/mol. The maximum atomic E-state index is 8.70. The fourth-order valence-corrected chi connectivity index (χ4v) is 0.844. The molecule has 0 unspecified atom stereocenters. The van der Waals surface area contributed by atoms with Gasteiger partial charge in [-0.15, -0.1) is 0 Å². The molecular formula is C7H11NO3. The van der Waals surface area contributed by atoms with Crippen LogP contribution in [0, 0.1) is 0 Å². The Balaban J connectivity index is 2.83. The first kappa shape index (κ1) is 8.10. The molecule has 1 aromatic heterocycles. The molecule has 0 saturated carbocycles. The van der Waals surface area contributed by atoms with E-state index in [9.17, 15) is 0 Å². The van der Waals surface area contributed by atoms with Crippen LogP contribution in [0.2, 0.25) is 0 Å². The Hall–Kier alpha value is -1.00. The second-order valence-corrected chi connectivity index (χ2v) is 2.16. The second kappa shape index (κ2) is 3.41. The highest BCUT2D eigenvalue weighted by atomic mass is 16.6. The molecule has 0 fully saturated rings. The van der Waals surface area contributed by atoms with Crippen molar-refractivity contribution in [1.82, 2.24) is 0 Å². The highest BCUT2D eigenvalue weighted by molar-refractivity contribution is 5.25. The van der Waals surface area contributed by atoms with Crippen molar-refractivity contribution in [2.45, 2.75) is 6.04 Å². The van der Waals surface area contributed by atoms with E-state index < -0.39 is 6.04 Å². The van der Waals surface area contributed by atoms with Crippen LogP contribution >= 0.6 is 0 Å². The minimum Gasteiger partial charge on any atom is -0.468 e. The molecule has 4 nitrogen and oxygen atoms in total. The van der Waals surface area contributed by atoms with Gasteiger partial charge in [-0.1, -0.05) is 0 Å². The zero-order valence-electron chi connectivity index (χ0n) is 6.28. The number of hydrogen-bond donors (Lipinski definition) is 2. The maximum Gasteiger partial charge on any atom is 0.288 e. The molecule has 0 amide bonds. The van der Waals surface area contributed by atoms with Gasteiger partial charge in [0.1, 0.15) is 0 Å². The minimum absolute atomic E-state index is 0.115. The van der Waals surface area contributed by atoms with Gasteiger partial charge in [0.15, 0.2) is 0 Å². The Bertz CT molecular complexity index is 221. The molecule has 0 radical (unpaired) electrons. The van der Waals surface area contributed by atoms with E-state index in [0.717, 1.165) is 0 Å². The molecule has 3 N–H and O–H groups in total. The number of furan rings is 1. The van der Waals surface area contributed by atoms with Gasteiger partial charge in [0.05, 0.1) is 31.6 Å². The molecule has 0 bridgehead atoms. The molecule has 1 heterocycles. The first-order valence-corrected chi connectivity index (χ1v) is 3.27. The number of nitrogens with two attached hydrogens (primary N) is 1. The van der Waals surface area contributed by atoms with Crippen LogP contribution in [-0.4, -0.2) is 18.8 Å². The van der Waals surface area contributed by atoms with E-state index in [-0.39, 0.29) is 6.61 Å². The van der Waals surface area contributed by atoms with Crippen LogP contribution in [0.15, 0.2) is 16.7 Å². The Morgan fingerprint density at radius 1 is 1.82 bits per heavy atom. The van der Waals surface area contributed by atoms with E-state index in [0.29, 0.717) is 11.5 Å². The first-order chi connectivity index (χ1) is 5.29. The summed E-state index contributed by atoms with van der Waals surface area (Å²) in [6.07, 6.45) is 1.48. The van der Waals surface area contributed by atoms with E-state index in [1.807, 2.05) is 0 Å². The third kappa shape index (κ3) is 1.53. The van der Waals surface area contributed by atoms with E-state index in [1.54, 1.807) is 6.07 Å². The zero-order valence-corrected chi connectivity index (χ0v) is 6.28. The smallest absolute Gasteiger partial charge is 0.288 e. The number of hydrogen-bond acceptors (Lipinski definition) is 4. The molecule has 4 heteroatoms. The number of aliphatic hydroxyl groups excluding tert-OH is 1. The molecule has 1 atom stereocenters. The first-order valence-electron chi connectivity index (χ1n) is 3.27. The monoisotopic (exact) mass is 157 g/mol. The molecule has 0 aliphatic heterocycles. The molecular weight excluding hydrogens is 146 g/mol. The van der Waals surface area contributed by atoms with Crippen LogP contribution in [0.4, 0.5) is 0 Å². The van der Waals surface area contributed by atoms with Gasteiger partial charge >= 0.3 is 0 Å². The average molecular weight is 157 g/mol. The van der Waals surface area contributed by atoms with Crippen molar-refractivity contribution in [2.75, 3.05) is 13.7 Å². The molecule has 11 heavy (non-hydrogen) atoms. The van der Waals surface area contributed by atoms with Crippen LogP contribution in [0.1, 0.15) is 11.6 Å². The normalized spacial score (nSPS) is 13.0. The Morgan fingerprint density at radius 3 is 3.09 bits per heavy atom. The lowest BCUT2D eigenvalue weighted by Gasteiger charge is -2.05. The van der Waals surface area contributed by atoms with Crippen molar-refractivity contribution in [3.05, 3.63) is 17.9 Å². The second-order valence-electron chi connectivity index (χ2n) is 2.16. The fraction of sp³-hybridized carbons (Fsp3) is 0.429. The Kier molecular flexibility index (Phi) is 2.51. The number of ether oxygens (including phenoxy) is 1. The summed E-state index contributed by atoms with van der Waals surface area (Å²) in [4.78, 5) is 0. The summed E-state index contributed by atoms with van der Waals surface area (Å²) in [5.74, 6) is 0.367. The summed E-state index contributed by atoms with van der Waals surface area (Å²) in [5, 5.41) is 8.70. The molecule has 0 aliphatic rings. The van der Waals surface area contributed by atoms with Crippen LogP contribution in [0.25, 0.3) is 0 Å². The van der Waals surface area contributed by atoms with E-state index in [2.05, 4.69) is 0 Å². The number of aliphatic hydroxyl groups is 1. The van der Waals surface area contributed by atoms with E-state index in [1.165, 1.54) is 13.4 Å². The third-order valence-corrected chi connectivity index (χ3v) is 1.44. The van der Waals surface area contributed by atoms with Crippen molar-refractivity contribution in [2.24, 2.45) is 5.73 Å². The Morgan fingerprint density at radius 2 is 2.55 bits per heavy atom. The van der Waals surface area contributed by atoms with Gasteiger partial charge in [-0.3, -0.25) is 0 Å². The zero-order chi connectivity index (χ0) is 8.27. The summed E-state index contributed by atoms with van der Waals surface area (Å²) in [6.45, 7) is -0.115. The van der Waals surface area contributed by atoms with Gasteiger partial charge in [-0.2, -0.15) is 0 Å². The van der Waals surface area contributed by atoms with Crippen LogP contribution in [-0.2, 0) is 0 Å². The molecule has 1 aromatic rings. The van der Waals surface area contributed by atoms with Crippen molar-refractivity contribution in [1.29, 1.82) is 0 Å². The summed E-state index contributed by atoms with van der Waals surface area (Å²) >= 11 is 0. The van der Waals surface area contributed by atoms with Gasteiger partial charge in [0.2, 0.25) is 0 Å². The third-order valence-electron chi connectivity index (χ3n) is 1.44. The average Bonchev–Trinajstić information content (AvgIpc) is 2.50. The lowest BCUT2D eigenvalue weighted by atomic mass is 10.2. The van der Waals surface area contributed by atoms with Gasteiger partial charge < -0.3 is 20.0 Å². The largest absolute Gasteiger partial charge is 0.468 e. The van der Waals surface area contributed by atoms with Crippen molar-refractivity contribution >= 4 is 0 Å². The van der Waals surface area contributed by atoms with Crippen LogP contribution in [0.3, 0.4) is 0 Å². The van der Waals surface area contributed by atoms with Gasteiger partial charge in [-0.05, 0) is 6.07 Å². The molecule has 0 spiro atoms. The van der Waals surface area contributed by atoms with E-state index in [4.69, 9.17) is 20.0 Å². The molecule has 1 rings (SSSR count). The van der Waals surface area contributed by atoms with Crippen molar-refractivity contribution < 1.29 is 14.3 Å². The lowest BCUT2D eigenvalue weighted by molar-refractivity contribution is 0.255. The van der Waals surface area contributed by atoms with Gasteiger partial charge in [0, 0.05) is 0 Å². The molecule has 0 aliphatic carbocycles. The van der Waals surface area contributed by atoms with Gasteiger partial charge in [-0.25, -0.2) is 0 Å². The van der Waals surface area contributed by atoms with Crippen LogP contribution < -0.4 is 10.5 Å². The summed E-state index contributed by atoms with van der Waals surface area (Å²) in [5.41, 5.74) is 6.21. The summed E-state index contributed by atoms with van der Waals surface area (Å²) < 4.78 is 9.77. The van der Waals surface area contributed by atoms with Crippen LogP contribution in [0.5, 0.6) is 5.95 Å². The molecule has 62 valence electrons. The standard InChI is InChI=1S/C7H11NO3/c1-10-7-5(2-3-11-7)6(8)4-9/h2-3,6,9H,4,8H2,1H3/t6-/m1/s1. The maximum absolute atomic E-state index is 8.70. The highest BCUT2D eigenvalue weighted by Gasteiger charge is 2.12. The highest BCUT2D eigenvalue weighted by Crippen LogP contribution is 2.23. The fourth-order valence-electron chi connectivity index (χ4n) is 0.844. The lowest BCUT2D eigenvalue weighted by Crippen LogP contribution is -2.14. The predicted octanol–water partition coefficient (Wildman–Crippen LogP) is 0.280. The van der Waals surface area contributed by atoms with E-state index >= 15 is 0 Å². The topological polar surface area (TPSA) is 68.6 Å². The summed E-state index contributed by atoms with van der Waals surface area (Å²) in [7, 11) is 1.49. The minimum atomic E-state index is -0.427. The van der Waals surface area contributed by atoms with Crippen molar-refractivity contribution in [3.8, 4) is 5.95 Å². The van der Waals surface area contributed by atoms with Crippen molar-refractivity contribution in [3.63, 3.8) is 0 Å². The van der Waals surface area contributed by atoms with Gasteiger partial charge in [0.25, 0.3) is 5.95 Å². The summed E-state index contributed by atoms with van der Waals surface area (Å²) in [6, 6.07) is 1.25. The molecule has 0 saturated heterocycles.